The third kappa shape index (κ3) is 3.54. The molecule has 3 aromatic carbocycles. The zero-order valence-electron chi connectivity index (χ0n) is 15.4. The minimum absolute atomic E-state index is 0.0467. The minimum atomic E-state index is -3.96. The summed E-state index contributed by atoms with van der Waals surface area (Å²) in [5.41, 5.74) is 1.22. The molecule has 0 saturated heterocycles. The van der Waals surface area contributed by atoms with E-state index in [1.165, 1.54) is 36.4 Å². The summed E-state index contributed by atoms with van der Waals surface area (Å²) >= 11 is 6.10. The molecule has 4 aromatic rings. The number of rotatable bonds is 4. The second-order valence-corrected chi connectivity index (χ2v) is 8.80. The Hall–Kier alpha value is -3.60. The summed E-state index contributed by atoms with van der Waals surface area (Å²) in [7, 11) is -3.96. The van der Waals surface area contributed by atoms with Gasteiger partial charge in [0.25, 0.3) is 5.91 Å². The number of nitrogens with one attached hydrogen (secondary N) is 2. The van der Waals surface area contributed by atoms with Gasteiger partial charge in [0.05, 0.1) is 16.5 Å². The summed E-state index contributed by atoms with van der Waals surface area (Å²) in [5, 5.41) is 12.3. The zero-order chi connectivity index (χ0) is 21.3. The number of amides is 1. The Labute approximate surface area is 177 Å². The van der Waals surface area contributed by atoms with E-state index in [0.717, 1.165) is 0 Å². The number of carbonyl (C=O) groups excluding carboxylic acids is 1. The van der Waals surface area contributed by atoms with Gasteiger partial charge in [0.15, 0.2) is 0 Å². The van der Waals surface area contributed by atoms with Crippen LogP contribution in [0.4, 0.5) is 5.82 Å². The molecule has 1 aromatic heterocycles. The van der Waals surface area contributed by atoms with Crippen LogP contribution in [0, 0.1) is 11.3 Å². The average Bonchev–Trinajstić information content (AvgIpc) is 3.12. The lowest BCUT2D eigenvalue weighted by Gasteiger charge is -2.09. The van der Waals surface area contributed by atoms with Crippen LogP contribution in [-0.2, 0) is 9.84 Å². The molecule has 1 heterocycles. The van der Waals surface area contributed by atoms with Crippen molar-refractivity contribution in [3.8, 4) is 6.07 Å². The summed E-state index contributed by atoms with van der Waals surface area (Å²) in [6.07, 6.45) is 0. The number of H-pyrrole nitrogens is 1. The van der Waals surface area contributed by atoms with E-state index in [9.17, 15) is 13.2 Å². The third-order valence-corrected chi connectivity index (χ3v) is 6.64. The number of nitriles is 1. The number of carbonyl (C=O) groups is 1. The van der Waals surface area contributed by atoms with Crippen LogP contribution in [0.2, 0.25) is 5.02 Å². The Morgan fingerprint density at radius 2 is 1.70 bits per heavy atom. The van der Waals surface area contributed by atoms with Gasteiger partial charge in [0.1, 0.15) is 10.7 Å². The lowest BCUT2D eigenvalue weighted by molar-refractivity contribution is 0.102. The maximum Gasteiger partial charge on any atom is 0.256 e. The molecule has 0 radical (unpaired) electrons. The fourth-order valence-corrected chi connectivity index (χ4v) is 4.86. The standard InChI is InChI=1S/C22H14ClN3O3S/c23-16-10-11-19-18(12-16)20(30(28,29)17-4-2-1-3-5-17)21(25-19)26-22(27)15-8-6-14(13-24)7-9-15/h1-12,25H,(H,26,27). The second kappa shape index (κ2) is 7.67. The monoisotopic (exact) mass is 435 g/mol. The molecule has 1 amide bonds. The molecular formula is C22H14ClN3O3S. The van der Waals surface area contributed by atoms with E-state index in [2.05, 4.69) is 10.3 Å². The number of hydrogen-bond donors (Lipinski definition) is 2. The Morgan fingerprint density at radius 3 is 2.37 bits per heavy atom. The molecule has 30 heavy (non-hydrogen) atoms. The first-order chi connectivity index (χ1) is 14.4. The first-order valence-electron chi connectivity index (χ1n) is 8.83. The Kier molecular flexibility index (Phi) is 5.04. The number of benzene rings is 3. The molecule has 2 N–H and O–H groups in total. The van der Waals surface area contributed by atoms with E-state index in [4.69, 9.17) is 16.9 Å². The lowest BCUT2D eigenvalue weighted by atomic mass is 10.1. The second-order valence-electron chi connectivity index (χ2n) is 6.48. The van der Waals surface area contributed by atoms with Gasteiger partial charge in [-0.15, -0.1) is 0 Å². The van der Waals surface area contributed by atoms with Gasteiger partial charge in [-0.3, -0.25) is 4.79 Å². The predicted octanol–water partition coefficient (Wildman–Crippen LogP) is 4.78. The minimum Gasteiger partial charge on any atom is -0.340 e. The first kappa shape index (κ1) is 19.7. The molecular weight excluding hydrogens is 422 g/mol. The average molecular weight is 436 g/mol. The molecule has 0 fully saturated rings. The van der Waals surface area contributed by atoms with E-state index in [1.54, 1.807) is 36.4 Å². The highest BCUT2D eigenvalue weighted by atomic mass is 35.5. The maximum atomic E-state index is 13.4. The van der Waals surface area contributed by atoms with Crippen LogP contribution in [0.1, 0.15) is 15.9 Å². The highest BCUT2D eigenvalue weighted by molar-refractivity contribution is 7.92. The largest absolute Gasteiger partial charge is 0.340 e. The van der Waals surface area contributed by atoms with Crippen molar-refractivity contribution in [3.05, 3.63) is 88.9 Å². The summed E-state index contributed by atoms with van der Waals surface area (Å²) in [6, 6.07) is 20.8. The Balaban J connectivity index is 1.85. The topological polar surface area (TPSA) is 103 Å². The van der Waals surface area contributed by atoms with Gasteiger partial charge in [-0.05, 0) is 54.6 Å². The van der Waals surface area contributed by atoms with Gasteiger partial charge < -0.3 is 10.3 Å². The molecule has 0 saturated carbocycles. The van der Waals surface area contributed by atoms with Crippen LogP contribution in [0.15, 0.2) is 82.6 Å². The van der Waals surface area contributed by atoms with Gasteiger partial charge in [-0.25, -0.2) is 8.42 Å². The van der Waals surface area contributed by atoms with Crippen molar-refractivity contribution in [1.82, 2.24) is 4.98 Å². The molecule has 6 nitrogen and oxygen atoms in total. The van der Waals surface area contributed by atoms with Gasteiger partial charge >= 0.3 is 0 Å². The summed E-state index contributed by atoms with van der Waals surface area (Å²) in [4.78, 5) is 15.7. The smallest absolute Gasteiger partial charge is 0.256 e. The van der Waals surface area contributed by atoms with E-state index >= 15 is 0 Å². The maximum absolute atomic E-state index is 13.4. The number of nitrogens with zero attached hydrogens (tertiary/aromatic N) is 1. The summed E-state index contributed by atoms with van der Waals surface area (Å²) in [6.45, 7) is 0. The highest BCUT2D eigenvalue weighted by Crippen LogP contribution is 2.36. The molecule has 0 aliphatic carbocycles. The van der Waals surface area contributed by atoms with Crippen molar-refractivity contribution in [1.29, 1.82) is 5.26 Å². The zero-order valence-corrected chi connectivity index (χ0v) is 17.0. The lowest BCUT2D eigenvalue weighted by Crippen LogP contribution is -2.14. The van der Waals surface area contributed by atoms with Crippen LogP contribution in [0.3, 0.4) is 0 Å². The molecule has 0 bridgehead atoms. The van der Waals surface area contributed by atoms with Crippen molar-refractivity contribution in [2.45, 2.75) is 9.79 Å². The highest BCUT2D eigenvalue weighted by Gasteiger charge is 2.27. The van der Waals surface area contributed by atoms with Gasteiger partial charge in [-0.2, -0.15) is 5.26 Å². The molecule has 0 atom stereocenters. The van der Waals surface area contributed by atoms with E-state index < -0.39 is 15.7 Å². The fourth-order valence-electron chi connectivity index (χ4n) is 3.11. The van der Waals surface area contributed by atoms with Gasteiger partial charge in [0.2, 0.25) is 9.84 Å². The van der Waals surface area contributed by atoms with Crippen molar-refractivity contribution >= 4 is 44.1 Å². The van der Waals surface area contributed by atoms with E-state index in [0.29, 0.717) is 21.5 Å². The quantitative estimate of drug-likeness (QED) is 0.481. The SMILES string of the molecule is N#Cc1ccc(C(=O)Nc2[nH]c3ccc(Cl)cc3c2S(=O)(=O)c2ccccc2)cc1. The molecule has 0 aliphatic rings. The number of halogens is 1. The molecule has 0 unspecified atom stereocenters. The molecule has 0 spiro atoms. The third-order valence-electron chi connectivity index (χ3n) is 4.55. The number of aromatic amines is 1. The number of fused-ring (bicyclic) bond motifs is 1. The van der Waals surface area contributed by atoms with Crippen molar-refractivity contribution < 1.29 is 13.2 Å². The molecule has 8 heteroatoms. The number of aromatic nitrogens is 1. The van der Waals surface area contributed by atoms with Crippen LogP contribution in [0.5, 0.6) is 0 Å². The summed E-state index contributed by atoms with van der Waals surface area (Å²) in [5.74, 6) is -0.466. The van der Waals surface area contributed by atoms with Crippen molar-refractivity contribution in [2.24, 2.45) is 0 Å². The van der Waals surface area contributed by atoms with E-state index in [1.807, 2.05) is 6.07 Å². The normalized spacial score (nSPS) is 11.2. The van der Waals surface area contributed by atoms with Crippen LogP contribution in [-0.4, -0.2) is 19.3 Å². The molecule has 0 aliphatic heterocycles. The molecule has 4 rings (SSSR count). The van der Waals surface area contributed by atoms with Gasteiger partial charge in [0, 0.05) is 21.5 Å². The van der Waals surface area contributed by atoms with Gasteiger partial charge in [-0.1, -0.05) is 29.8 Å². The fraction of sp³-hybridized carbons (Fsp3) is 0. The van der Waals surface area contributed by atoms with Crippen LogP contribution in [0.25, 0.3) is 10.9 Å². The van der Waals surface area contributed by atoms with Crippen molar-refractivity contribution in [3.63, 3.8) is 0 Å². The predicted molar refractivity (Wildman–Crippen MR) is 114 cm³/mol. The van der Waals surface area contributed by atoms with Crippen molar-refractivity contribution in [2.75, 3.05) is 5.32 Å². The number of hydrogen-bond acceptors (Lipinski definition) is 4. The summed E-state index contributed by atoms with van der Waals surface area (Å²) < 4.78 is 26.8. The first-order valence-corrected chi connectivity index (χ1v) is 10.7. The van der Waals surface area contributed by atoms with Crippen LogP contribution >= 0.6 is 11.6 Å². The molecule has 148 valence electrons. The Morgan fingerprint density at radius 1 is 1.00 bits per heavy atom. The van der Waals surface area contributed by atoms with E-state index in [-0.39, 0.29) is 21.2 Å². The van der Waals surface area contributed by atoms with Crippen LogP contribution < -0.4 is 5.32 Å². The number of sulfone groups is 1. The Bertz CT molecular complexity index is 1400. The number of anilines is 1.